The van der Waals surface area contributed by atoms with E-state index >= 15 is 0 Å². The highest BCUT2D eigenvalue weighted by molar-refractivity contribution is 7.89. The fraction of sp³-hybridized carbons (Fsp3) is 0.441. The van der Waals surface area contributed by atoms with E-state index in [1.807, 2.05) is 6.92 Å². The largest absolute Gasteiger partial charge is 0.494 e. The molecule has 260 valence electrons. The van der Waals surface area contributed by atoms with Crippen LogP contribution in [0.2, 0.25) is 0 Å². The molecule has 0 saturated carbocycles. The molecule has 1 saturated heterocycles. The number of sulfonamides is 1. The number of ether oxygens (including phenoxy) is 2. The third-order valence-corrected chi connectivity index (χ3v) is 10.1. The number of aryl methyl sites for hydroxylation is 2. The monoisotopic (exact) mass is 690 g/mol. The molecule has 2 heterocycles. The van der Waals surface area contributed by atoms with Crippen molar-refractivity contribution in [3.63, 3.8) is 0 Å². The molecule has 0 aromatic heterocycles. The van der Waals surface area contributed by atoms with Gasteiger partial charge in [0.25, 0.3) is 11.8 Å². The summed E-state index contributed by atoms with van der Waals surface area (Å²) in [7, 11) is -3.71. The quantitative estimate of drug-likeness (QED) is 0.196. The summed E-state index contributed by atoms with van der Waals surface area (Å²) in [6.45, 7) is 10.3. The summed E-state index contributed by atoms with van der Waals surface area (Å²) in [5.74, 6) is -0.921. The van der Waals surface area contributed by atoms with Crippen molar-refractivity contribution in [3.8, 4) is 5.75 Å². The third kappa shape index (κ3) is 9.32. The number of hydrogen-bond donors (Lipinski definition) is 2. The predicted molar refractivity (Wildman–Crippen MR) is 177 cm³/mol. The molecule has 2 amide bonds. The van der Waals surface area contributed by atoms with Crippen molar-refractivity contribution >= 4 is 27.7 Å². The highest BCUT2D eigenvalue weighted by Gasteiger charge is 2.47. The van der Waals surface area contributed by atoms with Crippen molar-refractivity contribution in [3.05, 3.63) is 89.5 Å². The lowest BCUT2D eigenvalue weighted by atomic mass is 9.89. The summed E-state index contributed by atoms with van der Waals surface area (Å²) in [6, 6.07) is 8.33. The molecule has 0 aliphatic carbocycles. The summed E-state index contributed by atoms with van der Waals surface area (Å²) in [6.07, 6.45) is 0.261. The first kappa shape index (κ1) is 36.8. The van der Waals surface area contributed by atoms with Gasteiger partial charge in [0, 0.05) is 30.8 Å². The summed E-state index contributed by atoms with van der Waals surface area (Å²) in [4.78, 5) is 30.1. The number of carbonyl (C=O) groups is 2. The second-order valence-corrected chi connectivity index (χ2v) is 13.8. The smallest absolute Gasteiger partial charge is 0.416 e. The minimum atomic E-state index is -4.65. The molecule has 48 heavy (non-hydrogen) atoms. The molecule has 4 rings (SSSR count). The molecule has 2 aliphatic rings. The van der Waals surface area contributed by atoms with Crippen molar-refractivity contribution in [1.29, 1.82) is 0 Å². The fourth-order valence-corrected chi connectivity index (χ4v) is 6.99. The number of alkyl halides is 3. The molecule has 2 N–H and O–H groups in total. The van der Waals surface area contributed by atoms with Gasteiger partial charge in [0.05, 0.1) is 31.1 Å². The van der Waals surface area contributed by atoms with Crippen LogP contribution in [0.4, 0.5) is 13.2 Å². The number of benzene rings is 2. The van der Waals surface area contributed by atoms with E-state index in [1.54, 1.807) is 30.4 Å². The highest BCUT2D eigenvalue weighted by atomic mass is 32.2. The molecule has 2 aromatic rings. The Balaban J connectivity index is 1.38. The highest BCUT2D eigenvalue weighted by Crippen LogP contribution is 2.36. The number of rotatable bonds is 16. The van der Waals surface area contributed by atoms with Crippen LogP contribution in [0.5, 0.6) is 5.75 Å². The van der Waals surface area contributed by atoms with Gasteiger partial charge in [-0.25, -0.2) is 12.7 Å². The van der Waals surface area contributed by atoms with Gasteiger partial charge in [0.1, 0.15) is 17.1 Å². The van der Waals surface area contributed by atoms with E-state index in [-0.39, 0.29) is 67.8 Å². The van der Waals surface area contributed by atoms with Crippen molar-refractivity contribution in [1.82, 2.24) is 14.9 Å². The molecule has 10 nitrogen and oxygen atoms in total. The number of piperidine rings is 1. The van der Waals surface area contributed by atoms with Gasteiger partial charge in [-0.05, 0) is 80.5 Å². The number of nitrogens with one attached hydrogen (secondary N) is 2. The van der Waals surface area contributed by atoms with Crippen molar-refractivity contribution in [2.45, 2.75) is 50.7 Å². The topological polar surface area (TPSA) is 126 Å². The zero-order chi connectivity index (χ0) is 35.0. The lowest BCUT2D eigenvalue weighted by molar-refractivity contribution is -0.137. The predicted octanol–water partition coefficient (Wildman–Crippen LogP) is 4.57. The van der Waals surface area contributed by atoms with E-state index in [4.69, 9.17) is 9.47 Å². The lowest BCUT2D eigenvalue weighted by Crippen LogP contribution is -2.50. The van der Waals surface area contributed by atoms with Gasteiger partial charge in [0.15, 0.2) is 0 Å². The van der Waals surface area contributed by atoms with Crippen molar-refractivity contribution in [2.24, 2.45) is 4.99 Å². The zero-order valence-electron chi connectivity index (χ0n) is 26.9. The third-order valence-electron chi connectivity index (χ3n) is 8.25. The number of nitrogens with zero attached hydrogens (tertiary/aromatic N) is 2. The summed E-state index contributed by atoms with van der Waals surface area (Å²) >= 11 is 0. The number of carbonyl (C=O) groups excluding carboxylic acids is 2. The molecule has 2 aromatic carbocycles. The standard InChI is InChI=1S/C34H41F3N4O6S/c1-4-6-7-17-47-29-22-27(21-28(23-29)34(35,36)37)30-39-32(43)33(40-30)11-14-41(15-12-33)48(44,45)19-10-25-8-9-26(20-24(25)3)31(42)38-13-18-46-16-5-2/h4-5,8-9,20-23H,1-2,6-7,10-19H2,3H3,(H,38,42)(H,39,40,43). The van der Waals surface area contributed by atoms with Gasteiger partial charge in [-0.3, -0.25) is 14.6 Å². The number of amides is 2. The van der Waals surface area contributed by atoms with Crippen molar-refractivity contribution in [2.75, 3.05) is 45.2 Å². The Kier molecular flexibility index (Phi) is 12.2. The first-order valence-corrected chi connectivity index (χ1v) is 17.3. The molecular formula is C34H41F3N4O6S. The molecule has 1 fully saturated rings. The number of amidine groups is 1. The Morgan fingerprint density at radius 2 is 1.88 bits per heavy atom. The minimum absolute atomic E-state index is 0.000789. The Labute approximate surface area is 279 Å². The van der Waals surface area contributed by atoms with Gasteiger partial charge < -0.3 is 20.1 Å². The average molecular weight is 691 g/mol. The van der Waals surface area contributed by atoms with Crippen LogP contribution in [0.25, 0.3) is 0 Å². The fourth-order valence-electron chi connectivity index (χ4n) is 5.52. The number of aliphatic imine (C=N–C) groups is 1. The van der Waals surface area contributed by atoms with Crippen LogP contribution in [-0.2, 0) is 32.2 Å². The lowest BCUT2D eigenvalue weighted by Gasteiger charge is -2.34. The Morgan fingerprint density at radius 1 is 1.12 bits per heavy atom. The number of halogens is 3. The SMILES string of the molecule is C=CCCCOc1cc(C2=NC3(CCN(S(=O)(=O)CCc4ccc(C(=O)NCCOCC=C)cc4C)CC3)C(=O)N2)cc(C(F)(F)F)c1. The van der Waals surface area contributed by atoms with E-state index in [9.17, 15) is 31.2 Å². The summed E-state index contributed by atoms with van der Waals surface area (Å²) in [5.41, 5.74) is -0.145. The zero-order valence-corrected chi connectivity index (χ0v) is 27.7. The van der Waals surface area contributed by atoms with E-state index in [2.05, 4.69) is 28.8 Å². The first-order valence-electron chi connectivity index (χ1n) is 15.7. The van der Waals surface area contributed by atoms with Crippen molar-refractivity contribution < 1.29 is 40.7 Å². The second-order valence-electron chi connectivity index (χ2n) is 11.7. The van der Waals surface area contributed by atoms with Gasteiger partial charge >= 0.3 is 6.18 Å². The molecule has 14 heteroatoms. The summed E-state index contributed by atoms with van der Waals surface area (Å²) < 4.78 is 79.8. The molecule has 0 atom stereocenters. The number of hydrogen-bond acceptors (Lipinski definition) is 7. The van der Waals surface area contributed by atoms with Gasteiger partial charge in [-0.1, -0.05) is 18.2 Å². The summed E-state index contributed by atoms with van der Waals surface area (Å²) in [5, 5.41) is 5.39. The Bertz CT molecular complexity index is 1650. The van der Waals surface area contributed by atoms with Crippen LogP contribution in [0.15, 0.2) is 66.7 Å². The number of allylic oxidation sites excluding steroid dienone is 1. The van der Waals surface area contributed by atoms with Gasteiger partial charge in [-0.15, -0.1) is 13.2 Å². The maximum Gasteiger partial charge on any atom is 0.416 e. The molecule has 0 unspecified atom stereocenters. The maximum atomic E-state index is 13.7. The first-order chi connectivity index (χ1) is 22.8. The molecule has 0 radical (unpaired) electrons. The molecular weight excluding hydrogens is 649 g/mol. The molecule has 2 aliphatic heterocycles. The van der Waals surface area contributed by atoms with Crippen LogP contribution in [-0.4, -0.2) is 81.1 Å². The second kappa shape index (κ2) is 15.9. The Hall–Kier alpha value is -4.01. The van der Waals surface area contributed by atoms with E-state index in [1.165, 1.54) is 10.4 Å². The average Bonchev–Trinajstić information content (AvgIpc) is 3.36. The normalized spacial score (nSPS) is 16.3. The van der Waals surface area contributed by atoms with Gasteiger partial charge in [-0.2, -0.15) is 13.2 Å². The van der Waals surface area contributed by atoms with E-state index < -0.39 is 33.2 Å². The maximum absolute atomic E-state index is 13.7. The van der Waals surface area contributed by atoms with E-state index in [0.717, 1.165) is 23.3 Å². The van der Waals surface area contributed by atoms with Crippen LogP contribution < -0.4 is 15.4 Å². The van der Waals surface area contributed by atoms with Gasteiger partial charge in [0.2, 0.25) is 10.0 Å². The van der Waals surface area contributed by atoms with Crippen LogP contribution in [0, 0.1) is 6.92 Å². The molecule has 0 bridgehead atoms. The van der Waals surface area contributed by atoms with E-state index in [0.29, 0.717) is 38.2 Å². The van der Waals surface area contributed by atoms with Crippen LogP contribution >= 0.6 is 0 Å². The van der Waals surface area contributed by atoms with Crippen LogP contribution in [0.1, 0.15) is 58.3 Å². The number of unbranched alkanes of at least 4 members (excludes halogenated alkanes) is 1. The Morgan fingerprint density at radius 3 is 2.54 bits per heavy atom. The van der Waals surface area contributed by atoms with Crippen LogP contribution in [0.3, 0.4) is 0 Å². The molecule has 1 spiro atoms. The minimum Gasteiger partial charge on any atom is -0.494 e.